The van der Waals surface area contributed by atoms with Crippen molar-refractivity contribution >= 4 is 16.8 Å². The standard InChI is InChI=1S/C27H35N3O/c1-18(2)29-13-10-19-8-9-21(16-25(19)29)27(31)30-12-5-6-20-14-22-15-23(26(20)30)17-28-11-4-3-7-24(22)28/h8-10,13-14,16,18,22-24,26H,3-7,11-12,15,17H2,1-2H3/t22-,23+,24-,26+/m0/s1. The van der Waals surface area contributed by atoms with Gasteiger partial charge in [0.2, 0.25) is 0 Å². The van der Waals surface area contributed by atoms with E-state index in [0.29, 0.717) is 23.9 Å². The number of amides is 1. The number of fused-ring (bicyclic) bond motifs is 7. The lowest BCUT2D eigenvalue weighted by Gasteiger charge is -2.54. The van der Waals surface area contributed by atoms with Gasteiger partial charge in [-0.1, -0.05) is 24.1 Å². The van der Waals surface area contributed by atoms with Crippen LogP contribution in [0.15, 0.2) is 42.1 Å². The van der Waals surface area contributed by atoms with Crippen LogP contribution in [0.5, 0.6) is 0 Å². The van der Waals surface area contributed by atoms with E-state index >= 15 is 0 Å². The molecule has 4 nitrogen and oxygen atoms in total. The Kier molecular flexibility index (Phi) is 4.75. The Bertz CT molecular complexity index is 1030. The Labute approximate surface area is 185 Å². The first-order valence-corrected chi connectivity index (χ1v) is 12.5. The first-order chi connectivity index (χ1) is 15.1. The summed E-state index contributed by atoms with van der Waals surface area (Å²) >= 11 is 0. The van der Waals surface area contributed by atoms with Crippen LogP contribution in [0.1, 0.15) is 68.8 Å². The predicted molar refractivity (Wildman–Crippen MR) is 125 cm³/mol. The molecule has 3 fully saturated rings. The van der Waals surface area contributed by atoms with Crippen LogP contribution < -0.4 is 0 Å². The molecule has 4 aliphatic rings. The van der Waals surface area contributed by atoms with E-state index in [1.807, 2.05) is 6.07 Å². The van der Waals surface area contributed by atoms with Crippen LogP contribution in [0.3, 0.4) is 0 Å². The molecule has 1 amide bonds. The van der Waals surface area contributed by atoms with Crippen molar-refractivity contribution in [2.24, 2.45) is 11.8 Å². The van der Waals surface area contributed by atoms with Gasteiger partial charge in [0.15, 0.2) is 0 Å². The highest BCUT2D eigenvalue weighted by molar-refractivity contribution is 5.98. The normalized spacial score (nSPS) is 30.8. The molecule has 1 aliphatic carbocycles. The highest BCUT2D eigenvalue weighted by Gasteiger charge is 2.47. The molecule has 4 heterocycles. The Morgan fingerprint density at radius 1 is 1.10 bits per heavy atom. The van der Waals surface area contributed by atoms with Gasteiger partial charge < -0.3 is 9.47 Å². The quantitative estimate of drug-likeness (QED) is 0.624. The maximum absolute atomic E-state index is 13.8. The number of likely N-dealkylation sites (tertiary alicyclic amines) is 1. The number of nitrogens with zero attached hydrogens (tertiary/aromatic N) is 3. The molecule has 4 heteroatoms. The molecule has 31 heavy (non-hydrogen) atoms. The summed E-state index contributed by atoms with van der Waals surface area (Å²) in [6.45, 7) is 7.73. The van der Waals surface area contributed by atoms with Crippen molar-refractivity contribution < 1.29 is 4.79 Å². The molecule has 2 bridgehead atoms. The van der Waals surface area contributed by atoms with Crippen LogP contribution >= 0.6 is 0 Å². The molecular weight excluding hydrogens is 382 g/mol. The highest BCUT2D eigenvalue weighted by Crippen LogP contribution is 2.45. The minimum Gasteiger partial charge on any atom is -0.345 e. The van der Waals surface area contributed by atoms with Crippen LogP contribution in [0.25, 0.3) is 10.9 Å². The molecule has 1 aromatic carbocycles. The van der Waals surface area contributed by atoms with Gasteiger partial charge in [-0.25, -0.2) is 0 Å². The van der Waals surface area contributed by atoms with Crippen LogP contribution in [-0.4, -0.2) is 52.0 Å². The summed E-state index contributed by atoms with van der Waals surface area (Å²) in [5.74, 6) is 1.55. The van der Waals surface area contributed by atoms with Crippen LogP contribution in [-0.2, 0) is 0 Å². The van der Waals surface area contributed by atoms with E-state index in [2.05, 4.69) is 58.7 Å². The van der Waals surface area contributed by atoms with E-state index in [0.717, 1.165) is 24.6 Å². The fraction of sp³-hybridized carbons (Fsp3) is 0.593. The van der Waals surface area contributed by atoms with E-state index in [1.54, 1.807) is 5.57 Å². The Morgan fingerprint density at radius 2 is 2.00 bits per heavy atom. The highest BCUT2D eigenvalue weighted by atomic mass is 16.2. The Hall–Kier alpha value is -2.07. The van der Waals surface area contributed by atoms with Gasteiger partial charge in [-0.05, 0) is 87.9 Å². The first-order valence-electron chi connectivity index (χ1n) is 12.5. The monoisotopic (exact) mass is 417 g/mol. The van der Waals surface area contributed by atoms with E-state index in [-0.39, 0.29) is 5.91 Å². The second kappa shape index (κ2) is 7.51. The number of aromatic nitrogens is 1. The van der Waals surface area contributed by atoms with Crippen LogP contribution in [0.4, 0.5) is 0 Å². The number of carbonyl (C=O) groups excluding carboxylic acids is 1. The number of rotatable bonds is 2. The summed E-state index contributed by atoms with van der Waals surface area (Å²) in [4.78, 5) is 18.8. The molecule has 1 aromatic heterocycles. The topological polar surface area (TPSA) is 28.5 Å². The van der Waals surface area contributed by atoms with E-state index in [9.17, 15) is 4.79 Å². The van der Waals surface area contributed by atoms with E-state index < -0.39 is 0 Å². The minimum atomic E-state index is 0.230. The van der Waals surface area contributed by atoms with E-state index in [4.69, 9.17) is 0 Å². The molecule has 6 rings (SSSR count). The van der Waals surface area contributed by atoms with Crippen LogP contribution in [0, 0.1) is 11.8 Å². The molecule has 0 N–H and O–H groups in total. The molecule has 164 valence electrons. The molecular formula is C27H35N3O. The third-order valence-corrected chi connectivity index (χ3v) is 8.44. The van der Waals surface area contributed by atoms with E-state index in [1.165, 1.54) is 56.1 Å². The van der Waals surface area contributed by atoms with Gasteiger partial charge >= 0.3 is 0 Å². The number of hydrogen-bond donors (Lipinski definition) is 0. The summed E-state index contributed by atoms with van der Waals surface area (Å²) in [5.41, 5.74) is 3.59. The maximum Gasteiger partial charge on any atom is 0.254 e. The molecule has 3 saturated heterocycles. The van der Waals surface area contributed by atoms with Crippen molar-refractivity contribution in [2.75, 3.05) is 19.6 Å². The number of hydrogen-bond acceptors (Lipinski definition) is 2. The van der Waals surface area contributed by atoms with Gasteiger partial charge in [-0.2, -0.15) is 0 Å². The summed E-state index contributed by atoms with van der Waals surface area (Å²) < 4.78 is 2.27. The molecule has 0 radical (unpaired) electrons. The predicted octanol–water partition coefficient (Wildman–Crippen LogP) is 5.26. The zero-order valence-corrected chi connectivity index (χ0v) is 19.0. The smallest absolute Gasteiger partial charge is 0.254 e. The third-order valence-electron chi connectivity index (χ3n) is 8.44. The average Bonchev–Trinajstić information content (AvgIpc) is 3.22. The van der Waals surface area contributed by atoms with Crippen molar-refractivity contribution in [1.82, 2.24) is 14.4 Å². The van der Waals surface area contributed by atoms with Gasteiger partial charge in [0.1, 0.15) is 0 Å². The lowest BCUT2D eigenvalue weighted by atomic mass is 9.68. The lowest BCUT2D eigenvalue weighted by molar-refractivity contribution is 0.00148. The maximum atomic E-state index is 13.8. The van der Waals surface area contributed by atoms with Gasteiger partial charge in [0, 0.05) is 42.5 Å². The SMILES string of the molecule is CC(C)n1ccc2ccc(C(=O)N3CCCC4=C[C@H]5C[C@H](CN6CCCC[C@@H]56)[C@@H]43)cc21. The fourth-order valence-corrected chi connectivity index (χ4v) is 7.10. The summed E-state index contributed by atoms with van der Waals surface area (Å²) in [5, 5.41) is 1.22. The molecule has 0 saturated carbocycles. The molecule has 0 unspecified atom stereocenters. The molecule has 0 spiro atoms. The molecule has 3 aliphatic heterocycles. The van der Waals surface area contributed by atoms with Crippen molar-refractivity contribution in [3.05, 3.63) is 47.7 Å². The van der Waals surface area contributed by atoms with Gasteiger partial charge in [-0.15, -0.1) is 0 Å². The minimum absolute atomic E-state index is 0.230. The van der Waals surface area contributed by atoms with Gasteiger partial charge in [0.25, 0.3) is 5.91 Å². The largest absolute Gasteiger partial charge is 0.345 e. The first kappa shape index (κ1) is 19.6. The molecule has 4 atom stereocenters. The van der Waals surface area contributed by atoms with Crippen molar-refractivity contribution in [3.63, 3.8) is 0 Å². The Balaban J connectivity index is 1.33. The van der Waals surface area contributed by atoms with Crippen molar-refractivity contribution in [2.45, 2.75) is 70.5 Å². The van der Waals surface area contributed by atoms with Crippen molar-refractivity contribution in [3.8, 4) is 0 Å². The average molecular weight is 418 g/mol. The summed E-state index contributed by atoms with van der Waals surface area (Å²) in [6.07, 6.45) is 12.4. The van der Waals surface area contributed by atoms with Gasteiger partial charge in [0.05, 0.1) is 6.04 Å². The summed E-state index contributed by atoms with van der Waals surface area (Å²) in [6, 6.07) is 9.91. The number of benzene rings is 1. The van der Waals surface area contributed by atoms with Crippen molar-refractivity contribution in [1.29, 1.82) is 0 Å². The fourth-order valence-electron chi connectivity index (χ4n) is 7.10. The second-order valence-corrected chi connectivity index (χ2v) is 10.6. The second-order valence-electron chi connectivity index (χ2n) is 10.6. The zero-order valence-electron chi connectivity index (χ0n) is 19.0. The zero-order chi connectivity index (χ0) is 21.1. The third kappa shape index (κ3) is 3.17. The Morgan fingerprint density at radius 3 is 2.87 bits per heavy atom. The number of carbonyl (C=O) groups is 1. The lowest BCUT2D eigenvalue weighted by Crippen LogP contribution is -2.60. The van der Waals surface area contributed by atoms with Crippen LogP contribution in [0.2, 0.25) is 0 Å². The number of piperidine rings is 3. The molecule has 2 aromatic rings. The summed E-state index contributed by atoms with van der Waals surface area (Å²) in [7, 11) is 0. The van der Waals surface area contributed by atoms with Gasteiger partial charge in [-0.3, -0.25) is 9.69 Å².